The van der Waals surface area contributed by atoms with Gasteiger partial charge < -0.3 is 4.72 Å². The van der Waals surface area contributed by atoms with E-state index in [-0.39, 0.29) is 11.3 Å². The second-order valence-corrected chi connectivity index (χ2v) is 4.24. The van der Waals surface area contributed by atoms with Crippen LogP contribution in [0.4, 0.5) is 14.5 Å². The van der Waals surface area contributed by atoms with Gasteiger partial charge in [0.2, 0.25) is 0 Å². The zero-order valence-electron chi connectivity index (χ0n) is 11.9. The minimum Gasteiger partial charge on any atom is -0.302 e. The first-order chi connectivity index (χ1) is 8.56. The topological polar surface area (TPSA) is 29.1 Å². The molecule has 1 N–H and O–H groups in total. The lowest BCUT2D eigenvalue weighted by molar-refractivity contribution is 0.571. The Morgan fingerprint density at radius 2 is 1.67 bits per heavy atom. The van der Waals surface area contributed by atoms with Crippen molar-refractivity contribution in [3.63, 3.8) is 0 Å². The first-order valence-electron chi connectivity index (χ1n) is 6.16. The van der Waals surface area contributed by atoms with Crippen LogP contribution in [0.1, 0.15) is 40.2 Å². The molecule has 0 saturated heterocycles. The monoisotopic (exact) mass is 279 g/mol. The molecule has 1 aromatic rings. The minimum atomic E-state index is -1.32. The number of benzene rings is 1. The van der Waals surface area contributed by atoms with Gasteiger partial charge in [0.05, 0.1) is 5.69 Å². The van der Waals surface area contributed by atoms with Gasteiger partial charge in [-0.3, -0.25) is 0 Å². The zero-order valence-corrected chi connectivity index (χ0v) is 12.8. The molecule has 0 aliphatic carbocycles. The fourth-order valence-corrected chi connectivity index (χ4v) is 1.48. The number of anilines is 1. The minimum absolute atomic E-state index is 0.0666. The van der Waals surface area contributed by atoms with Crippen LogP contribution in [0.15, 0.2) is 12.1 Å². The summed E-state index contributed by atoms with van der Waals surface area (Å²) in [6, 6.07) is 2.39. The fourth-order valence-electron chi connectivity index (χ4n) is 0.935. The third kappa shape index (κ3) is 6.10. The van der Waals surface area contributed by atoms with Crippen molar-refractivity contribution in [1.82, 2.24) is 0 Å². The van der Waals surface area contributed by atoms with Crippen molar-refractivity contribution in [3.8, 4) is 0 Å². The largest absolute Gasteiger partial charge is 0.302 e. The van der Waals surface area contributed by atoms with Gasteiger partial charge in [-0.2, -0.15) is 0 Å². The van der Waals surface area contributed by atoms with Crippen LogP contribution in [-0.4, -0.2) is 9.96 Å². The second-order valence-electron chi connectivity index (χ2n) is 2.77. The fraction of sp³-hybridized carbons (Fsp3) is 0.538. The summed E-state index contributed by atoms with van der Waals surface area (Å²) in [6.07, 6.45) is 0. The molecule has 1 rings (SSSR count). The molecule has 1 atom stereocenters. The Labute approximate surface area is 111 Å². The van der Waals surface area contributed by atoms with Gasteiger partial charge in [0, 0.05) is 11.3 Å². The molecule has 0 aliphatic heterocycles. The van der Waals surface area contributed by atoms with Gasteiger partial charge in [0.15, 0.2) is 5.82 Å². The highest BCUT2D eigenvalue weighted by Crippen LogP contribution is 2.20. The third-order valence-electron chi connectivity index (χ3n) is 1.81. The number of halogens is 2. The lowest BCUT2D eigenvalue weighted by Gasteiger charge is -2.07. The molecule has 106 valence electrons. The van der Waals surface area contributed by atoms with Crippen LogP contribution in [0.5, 0.6) is 0 Å². The van der Waals surface area contributed by atoms with Crippen molar-refractivity contribution in [1.29, 1.82) is 0 Å². The maximum absolute atomic E-state index is 13.3. The van der Waals surface area contributed by atoms with E-state index in [9.17, 15) is 13.0 Å². The Balaban J connectivity index is 0. The van der Waals surface area contributed by atoms with Gasteiger partial charge >= 0.3 is 0 Å². The van der Waals surface area contributed by atoms with Gasteiger partial charge in [-0.1, -0.05) is 34.6 Å². The van der Waals surface area contributed by atoms with Crippen LogP contribution < -0.4 is 4.72 Å². The van der Waals surface area contributed by atoms with Crippen molar-refractivity contribution in [2.45, 2.75) is 41.5 Å². The highest BCUT2D eigenvalue weighted by molar-refractivity contribution is 7.86. The van der Waals surface area contributed by atoms with Gasteiger partial charge in [-0.25, -0.2) is 13.0 Å². The molecule has 0 bridgehead atoms. The lowest BCUT2D eigenvalue weighted by Crippen LogP contribution is -2.08. The molecule has 0 heterocycles. The van der Waals surface area contributed by atoms with Crippen molar-refractivity contribution in [3.05, 3.63) is 29.3 Å². The summed E-state index contributed by atoms with van der Waals surface area (Å²) in [5.74, 6) is -0.919. The Hall–Kier alpha value is -0.970. The standard InChI is InChI=1S/C9H11F2NOS.2C2H6/c1-3-14(13)12-8-5-4-7(10)6(2)9(8)11;2*1-2/h4-5,12H,3H2,1-2H3;2*1-2H3. The van der Waals surface area contributed by atoms with Crippen LogP contribution in [0, 0.1) is 18.6 Å². The number of hydrogen-bond acceptors (Lipinski definition) is 1. The van der Waals surface area contributed by atoms with Gasteiger partial charge in [-0.15, -0.1) is 0 Å². The predicted octanol–water partition coefficient (Wildman–Crippen LogP) is 4.42. The Kier molecular flexibility index (Phi) is 12.0. The van der Waals surface area contributed by atoms with Crippen LogP contribution in [0.2, 0.25) is 0 Å². The maximum atomic E-state index is 13.3. The highest BCUT2D eigenvalue weighted by Gasteiger charge is 2.10. The third-order valence-corrected chi connectivity index (χ3v) is 2.78. The van der Waals surface area contributed by atoms with Crippen molar-refractivity contribution < 1.29 is 13.0 Å². The first-order valence-corrected chi connectivity index (χ1v) is 7.47. The molecule has 0 radical (unpaired) electrons. The molecule has 0 saturated carbocycles. The molecule has 5 heteroatoms. The molecule has 0 aromatic heterocycles. The number of nitrogens with one attached hydrogen (secondary N) is 1. The summed E-state index contributed by atoms with van der Waals surface area (Å²) in [5.41, 5.74) is 0.00665. The summed E-state index contributed by atoms with van der Waals surface area (Å²) >= 11 is 0. The zero-order chi connectivity index (χ0) is 14.7. The molecule has 18 heavy (non-hydrogen) atoms. The van der Waals surface area contributed by atoms with Gasteiger partial charge in [0.1, 0.15) is 16.8 Å². The maximum Gasteiger partial charge on any atom is 0.153 e. The van der Waals surface area contributed by atoms with Crippen LogP contribution >= 0.6 is 0 Å². The molecular weight excluding hydrogens is 256 g/mol. The Morgan fingerprint density at radius 3 is 2.11 bits per heavy atom. The van der Waals surface area contributed by atoms with Crippen molar-refractivity contribution >= 4 is 16.7 Å². The van der Waals surface area contributed by atoms with E-state index in [1.54, 1.807) is 6.92 Å². The summed E-state index contributed by atoms with van der Waals surface area (Å²) in [7, 11) is -1.32. The Morgan fingerprint density at radius 1 is 1.17 bits per heavy atom. The van der Waals surface area contributed by atoms with E-state index in [4.69, 9.17) is 0 Å². The molecule has 0 aliphatic rings. The quantitative estimate of drug-likeness (QED) is 0.871. The van der Waals surface area contributed by atoms with Crippen molar-refractivity contribution in [2.75, 3.05) is 10.5 Å². The summed E-state index contributed by atoms with van der Waals surface area (Å²) in [6.45, 7) is 11.0. The molecule has 0 fully saturated rings. The van der Waals surface area contributed by atoms with E-state index in [1.807, 2.05) is 27.7 Å². The average Bonchev–Trinajstić information content (AvgIpc) is 2.43. The van der Waals surface area contributed by atoms with E-state index in [0.29, 0.717) is 5.75 Å². The van der Waals surface area contributed by atoms with Gasteiger partial charge in [-0.05, 0) is 19.1 Å². The molecule has 1 aromatic carbocycles. The highest BCUT2D eigenvalue weighted by atomic mass is 32.2. The molecule has 0 spiro atoms. The SMILES string of the molecule is CC.CC.CCS(=O)Nc1ccc(F)c(C)c1F. The van der Waals surface area contributed by atoms with E-state index >= 15 is 0 Å². The van der Waals surface area contributed by atoms with Gasteiger partial charge in [0.25, 0.3) is 0 Å². The summed E-state index contributed by atoms with van der Waals surface area (Å²) in [5, 5.41) is 0. The van der Waals surface area contributed by atoms with Crippen LogP contribution in [0.3, 0.4) is 0 Å². The van der Waals surface area contributed by atoms with E-state index in [2.05, 4.69) is 4.72 Å². The normalized spacial score (nSPS) is 10.4. The van der Waals surface area contributed by atoms with E-state index < -0.39 is 22.6 Å². The smallest absolute Gasteiger partial charge is 0.153 e. The Bertz CT molecular complexity index is 370. The number of hydrogen-bond donors (Lipinski definition) is 1. The molecule has 2 nitrogen and oxygen atoms in total. The van der Waals surface area contributed by atoms with E-state index in [1.165, 1.54) is 13.0 Å². The summed E-state index contributed by atoms with van der Waals surface area (Å²) < 4.78 is 39.7. The van der Waals surface area contributed by atoms with Crippen molar-refractivity contribution in [2.24, 2.45) is 0 Å². The summed E-state index contributed by atoms with van der Waals surface area (Å²) in [4.78, 5) is 0. The predicted molar refractivity (Wildman–Crippen MR) is 76.1 cm³/mol. The van der Waals surface area contributed by atoms with Crippen LogP contribution in [-0.2, 0) is 11.0 Å². The van der Waals surface area contributed by atoms with Crippen LogP contribution in [0.25, 0.3) is 0 Å². The lowest BCUT2D eigenvalue weighted by atomic mass is 10.2. The molecular formula is C13H23F2NOS. The van der Waals surface area contributed by atoms with E-state index in [0.717, 1.165) is 6.07 Å². The average molecular weight is 279 g/mol. The first kappa shape index (κ1) is 19.4. The number of rotatable bonds is 3. The molecule has 0 amide bonds. The second kappa shape index (κ2) is 11.1. The molecule has 1 unspecified atom stereocenters.